The maximum absolute atomic E-state index is 13.3. The van der Waals surface area contributed by atoms with E-state index in [1.165, 1.54) is 11.2 Å². The summed E-state index contributed by atoms with van der Waals surface area (Å²) in [5, 5.41) is 0. The zero-order chi connectivity index (χ0) is 18.0. The van der Waals surface area contributed by atoms with E-state index in [1.807, 2.05) is 30.0 Å². The second-order valence-electron chi connectivity index (χ2n) is 6.62. The quantitative estimate of drug-likeness (QED) is 0.806. The molecule has 25 heavy (non-hydrogen) atoms. The molecular formula is C16H23F2N5O2. The normalized spacial score (nSPS) is 23.4. The average Bonchev–Trinajstić information content (AvgIpc) is 2.61. The minimum atomic E-state index is -2.67. The third-order valence-corrected chi connectivity index (χ3v) is 4.57. The Morgan fingerprint density at radius 2 is 2.00 bits per heavy atom. The Balaban J connectivity index is 1.65. The zero-order valence-electron chi connectivity index (χ0n) is 14.5. The predicted octanol–water partition coefficient (Wildman–Crippen LogP) is 1.01. The van der Waals surface area contributed by atoms with Gasteiger partial charge in [0.1, 0.15) is 18.0 Å². The minimum Gasteiger partial charge on any atom is -0.365 e. The summed E-state index contributed by atoms with van der Waals surface area (Å²) >= 11 is 0. The van der Waals surface area contributed by atoms with Crippen LogP contribution in [0.4, 0.5) is 20.4 Å². The molecule has 1 unspecified atom stereocenters. The highest BCUT2D eigenvalue weighted by Crippen LogP contribution is 2.28. The third-order valence-electron chi connectivity index (χ3n) is 4.57. The van der Waals surface area contributed by atoms with Gasteiger partial charge in [-0.25, -0.2) is 18.7 Å². The Morgan fingerprint density at radius 1 is 1.28 bits per heavy atom. The van der Waals surface area contributed by atoms with Crippen molar-refractivity contribution in [2.24, 2.45) is 0 Å². The van der Waals surface area contributed by atoms with Gasteiger partial charge in [-0.05, 0) is 0 Å². The monoisotopic (exact) mass is 355 g/mol. The van der Waals surface area contributed by atoms with Crippen LogP contribution < -0.4 is 9.80 Å². The predicted molar refractivity (Wildman–Crippen MR) is 89.1 cm³/mol. The largest absolute Gasteiger partial charge is 0.365 e. The van der Waals surface area contributed by atoms with Gasteiger partial charge in [-0.2, -0.15) is 0 Å². The van der Waals surface area contributed by atoms with Gasteiger partial charge in [0.05, 0.1) is 13.2 Å². The Kier molecular flexibility index (Phi) is 5.03. The average molecular weight is 355 g/mol. The number of aromatic nitrogens is 2. The number of nitrogens with zero attached hydrogens (tertiary/aromatic N) is 5. The van der Waals surface area contributed by atoms with Crippen molar-refractivity contribution < 1.29 is 18.3 Å². The van der Waals surface area contributed by atoms with Crippen LogP contribution in [0.2, 0.25) is 0 Å². The third kappa shape index (κ3) is 4.15. The number of carbonyl (C=O) groups is 1. The van der Waals surface area contributed by atoms with E-state index in [1.54, 1.807) is 0 Å². The van der Waals surface area contributed by atoms with Gasteiger partial charge in [0.25, 0.3) is 11.8 Å². The topological polar surface area (TPSA) is 61.8 Å². The number of piperidine rings is 1. The number of amides is 1. The fraction of sp³-hybridized carbons (Fsp3) is 0.688. The highest BCUT2D eigenvalue weighted by molar-refractivity contribution is 5.82. The van der Waals surface area contributed by atoms with Crippen LogP contribution >= 0.6 is 0 Å². The number of rotatable bonds is 3. The lowest BCUT2D eigenvalue weighted by Gasteiger charge is -2.38. The fourth-order valence-corrected chi connectivity index (χ4v) is 3.02. The first-order valence-corrected chi connectivity index (χ1v) is 8.38. The molecule has 7 nitrogen and oxygen atoms in total. The summed E-state index contributed by atoms with van der Waals surface area (Å²) in [6, 6.07) is 1.86. The van der Waals surface area contributed by atoms with Crippen LogP contribution in [0, 0.1) is 0 Å². The van der Waals surface area contributed by atoms with Crippen LogP contribution in [-0.4, -0.2) is 79.7 Å². The van der Waals surface area contributed by atoms with E-state index in [-0.39, 0.29) is 31.8 Å². The van der Waals surface area contributed by atoms with E-state index >= 15 is 0 Å². The van der Waals surface area contributed by atoms with Crippen LogP contribution in [0.1, 0.15) is 12.8 Å². The Morgan fingerprint density at radius 3 is 2.68 bits per heavy atom. The molecule has 2 saturated heterocycles. The number of anilines is 2. The lowest BCUT2D eigenvalue weighted by Crippen LogP contribution is -2.53. The Labute approximate surface area is 145 Å². The highest BCUT2D eigenvalue weighted by atomic mass is 19.3. The summed E-state index contributed by atoms with van der Waals surface area (Å²) in [6.07, 6.45) is 0.266. The molecule has 1 aromatic rings. The van der Waals surface area contributed by atoms with Crippen LogP contribution in [0.5, 0.6) is 0 Å². The van der Waals surface area contributed by atoms with Crippen molar-refractivity contribution in [2.75, 3.05) is 56.7 Å². The number of halogens is 2. The van der Waals surface area contributed by atoms with Gasteiger partial charge in [-0.1, -0.05) is 0 Å². The second-order valence-corrected chi connectivity index (χ2v) is 6.62. The van der Waals surface area contributed by atoms with Gasteiger partial charge in [0.2, 0.25) is 0 Å². The number of hydrogen-bond acceptors (Lipinski definition) is 6. The van der Waals surface area contributed by atoms with E-state index in [0.29, 0.717) is 19.7 Å². The van der Waals surface area contributed by atoms with Crippen molar-refractivity contribution >= 4 is 17.5 Å². The van der Waals surface area contributed by atoms with Gasteiger partial charge in [-0.3, -0.25) is 4.79 Å². The van der Waals surface area contributed by atoms with E-state index in [0.717, 1.165) is 11.6 Å². The molecule has 0 aliphatic carbocycles. The summed E-state index contributed by atoms with van der Waals surface area (Å²) in [4.78, 5) is 26.4. The molecule has 1 aromatic heterocycles. The van der Waals surface area contributed by atoms with Crippen LogP contribution in [0.25, 0.3) is 0 Å². The molecule has 3 rings (SSSR count). The molecule has 1 atom stereocenters. The van der Waals surface area contributed by atoms with Gasteiger partial charge in [0.15, 0.2) is 6.10 Å². The van der Waals surface area contributed by atoms with Crippen molar-refractivity contribution in [2.45, 2.75) is 24.9 Å². The molecule has 1 amide bonds. The summed E-state index contributed by atoms with van der Waals surface area (Å²) < 4.78 is 32.1. The SMILES string of the molecule is CN(C)c1cc(N2CCOC(C(=O)N3CCC(F)(F)CC3)C2)ncn1. The molecule has 0 N–H and O–H groups in total. The first-order valence-electron chi connectivity index (χ1n) is 8.38. The van der Waals surface area contributed by atoms with E-state index < -0.39 is 12.0 Å². The molecule has 0 spiro atoms. The highest BCUT2D eigenvalue weighted by Gasteiger charge is 2.38. The van der Waals surface area contributed by atoms with Crippen LogP contribution in [0.15, 0.2) is 12.4 Å². The molecular weight excluding hydrogens is 332 g/mol. The van der Waals surface area contributed by atoms with Crippen molar-refractivity contribution in [3.8, 4) is 0 Å². The molecule has 0 bridgehead atoms. The molecule has 2 fully saturated rings. The fourth-order valence-electron chi connectivity index (χ4n) is 3.02. The van der Waals surface area contributed by atoms with Crippen LogP contribution in [0.3, 0.4) is 0 Å². The molecule has 2 aliphatic rings. The maximum Gasteiger partial charge on any atom is 0.253 e. The Hall–Kier alpha value is -2.03. The number of carbonyl (C=O) groups excluding carboxylic acids is 1. The number of alkyl halides is 2. The minimum absolute atomic E-state index is 0.0734. The van der Waals surface area contributed by atoms with Crippen molar-refractivity contribution in [3.63, 3.8) is 0 Å². The van der Waals surface area contributed by atoms with E-state index in [9.17, 15) is 13.6 Å². The smallest absolute Gasteiger partial charge is 0.253 e. The molecule has 0 aromatic carbocycles. The number of hydrogen-bond donors (Lipinski definition) is 0. The molecule has 0 radical (unpaired) electrons. The van der Waals surface area contributed by atoms with Gasteiger partial charge < -0.3 is 19.4 Å². The number of morpholine rings is 1. The van der Waals surface area contributed by atoms with Gasteiger partial charge in [0, 0.05) is 52.6 Å². The standard InChI is InChI=1S/C16H23F2N5O2/c1-21(2)13-9-14(20-11-19-13)23-7-8-25-12(10-23)15(24)22-5-3-16(17,18)4-6-22/h9,11-12H,3-8,10H2,1-2H3. The van der Waals surface area contributed by atoms with Crippen molar-refractivity contribution in [1.29, 1.82) is 0 Å². The maximum atomic E-state index is 13.3. The first-order chi connectivity index (χ1) is 11.9. The molecule has 9 heteroatoms. The Bertz CT molecular complexity index is 618. The van der Waals surface area contributed by atoms with Gasteiger partial charge in [-0.15, -0.1) is 0 Å². The number of ether oxygens (including phenoxy) is 1. The molecule has 0 saturated carbocycles. The zero-order valence-corrected chi connectivity index (χ0v) is 14.5. The van der Waals surface area contributed by atoms with E-state index in [2.05, 4.69) is 9.97 Å². The summed E-state index contributed by atoms with van der Waals surface area (Å²) in [6.45, 7) is 1.51. The summed E-state index contributed by atoms with van der Waals surface area (Å²) in [7, 11) is 3.79. The number of likely N-dealkylation sites (tertiary alicyclic amines) is 1. The van der Waals surface area contributed by atoms with E-state index in [4.69, 9.17) is 4.74 Å². The molecule has 138 valence electrons. The van der Waals surface area contributed by atoms with Crippen LogP contribution in [-0.2, 0) is 9.53 Å². The lowest BCUT2D eigenvalue weighted by molar-refractivity contribution is -0.150. The van der Waals surface area contributed by atoms with Crippen molar-refractivity contribution in [3.05, 3.63) is 12.4 Å². The lowest BCUT2D eigenvalue weighted by atomic mass is 10.1. The second kappa shape index (κ2) is 7.07. The van der Waals surface area contributed by atoms with Gasteiger partial charge >= 0.3 is 0 Å². The molecule has 3 heterocycles. The summed E-state index contributed by atoms with van der Waals surface area (Å²) in [5.74, 6) is -1.38. The summed E-state index contributed by atoms with van der Waals surface area (Å²) in [5.41, 5.74) is 0. The first kappa shape index (κ1) is 17.8. The molecule has 2 aliphatic heterocycles. The van der Waals surface area contributed by atoms with Crippen molar-refractivity contribution in [1.82, 2.24) is 14.9 Å².